The number of rotatable bonds is 6. The highest BCUT2D eigenvalue weighted by molar-refractivity contribution is 9.10. The van der Waals surface area contributed by atoms with Crippen molar-refractivity contribution in [2.45, 2.75) is 89.4 Å². The van der Waals surface area contributed by atoms with Crippen LogP contribution in [0.15, 0.2) is 29.3 Å². The molecule has 4 aliphatic heterocycles. The summed E-state index contributed by atoms with van der Waals surface area (Å²) < 4.78 is 79.3. The van der Waals surface area contributed by atoms with Crippen LogP contribution < -0.4 is 20.7 Å². The SMILES string of the molecule is C=C(F)F.CC#Cc1cc(N)cc(C2Cc3nc(OCC45CCCN4CC4(CC4)C5)nc(N4CCCn5nc(C(=O)NC)c(Br)c5C4)c3CO2)c1C(F)(F)F. The Hall–Kier alpha value is -4.27. The third-order valence-electron chi connectivity index (χ3n) is 11.2. The van der Waals surface area contributed by atoms with Crippen molar-refractivity contribution < 1.29 is 36.2 Å². The zero-order chi connectivity index (χ0) is 39.3. The number of hydrogen-bond donors (Lipinski definition) is 2. The third kappa shape index (κ3) is 7.77. The predicted octanol–water partition coefficient (Wildman–Crippen LogP) is 6.79. The van der Waals surface area contributed by atoms with Crippen LogP contribution in [0.3, 0.4) is 0 Å². The number of amides is 1. The number of carbonyl (C=O) groups excluding carboxylic acids is 1. The number of nitrogens with two attached hydrogens (primary N) is 1. The van der Waals surface area contributed by atoms with E-state index in [-0.39, 0.29) is 47.3 Å². The van der Waals surface area contributed by atoms with Crippen LogP contribution >= 0.6 is 15.9 Å². The first-order valence-electron chi connectivity index (χ1n) is 18.2. The van der Waals surface area contributed by atoms with E-state index in [1.165, 1.54) is 31.9 Å². The molecule has 3 fully saturated rings. The van der Waals surface area contributed by atoms with Gasteiger partial charge in [-0.25, -0.2) is 0 Å². The Bertz CT molecular complexity index is 2070. The molecular formula is C38H42BrF5N8O3. The van der Waals surface area contributed by atoms with Crippen LogP contribution in [0, 0.1) is 17.3 Å². The minimum absolute atomic E-state index is 0.0167. The maximum Gasteiger partial charge on any atom is 0.417 e. The van der Waals surface area contributed by atoms with Crippen LogP contribution in [0.5, 0.6) is 6.01 Å². The maximum atomic E-state index is 14.6. The summed E-state index contributed by atoms with van der Waals surface area (Å²) in [7, 11) is 1.56. The van der Waals surface area contributed by atoms with E-state index in [0.29, 0.717) is 65.3 Å². The molecule has 3 aromatic rings. The zero-order valence-corrected chi connectivity index (χ0v) is 32.2. The molecule has 0 bridgehead atoms. The van der Waals surface area contributed by atoms with Crippen LogP contribution in [0.1, 0.15) is 95.7 Å². The van der Waals surface area contributed by atoms with E-state index in [0.717, 1.165) is 38.0 Å². The molecule has 3 N–H and O–H groups in total. The number of aryl methyl sites for hydroxylation is 1. The number of aromatic nitrogens is 4. The van der Waals surface area contributed by atoms with Gasteiger partial charge in [0.05, 0.1) is 46.2 Å². The van der Waals surface area contributed by atoms with Gasteiger partial charge in [-0.1, -0.05) is 5.92 Å². The minimum Gasteiger partial charge on any atom is -0.461 e. The zero-order valence-electron chi connectivity index (χ0n) is 30.6. The van der Waals surface area contributed by atoms with Crippen LogP contribution in [-0.4, -0.2) is 69.4 Å². The lowest BCUT2D eigenvalue weighted by Gasteiger charge is -2.33. The number of fused-ring (bicyclic) bond motifs is 3. The Kier molecular flexibility index (Phi) is 10.6. The van der Waals surface area contributed by atoms with Gasteiger partial charge >= 0.3 is 12.2 Å². The number of benzene rings is 1. The lowest BCUT2D eigenvalue weighted by Crippen LogP contribution is -2.43. The van der Waals surface area contributed by atoms with E-state index < -0.39 is 23.9 Å². The Morgan fingerprint density at radius 3 is 2.64 bits per heavy atom. The highest BCUT2D eigenvalue weighted by Crippen LogP contribution is 2.60. The quantitative estimate of drug-likeness (QED) is 0.157. The monoisotopic (exact) mass is 832 g/mol. The summed E-state index contributed by atoms with van der Waals surface area (Å²) >= 11 is 3.61. The summed E-state index contributed by atoms with van der Waals surface area (Å²) in [5.41, 5.74) is 7.92. The van der Waals surface area contributed by atoms with Crippen LogP contribution in [-0.2, 0) is 37.0 Å². The standard InChI is InChI=1S/C36H40BrF3N8O3.C2H2F2/c1-3-6-21-13-22(41)14-23(28(21)36(38,39)40)27-15-25-24(17-50-27)31(46-10-5-12-48-26(16-46)29(37)30(45-48)32(49)42-2)44-33(43-25)51-20-35-7-4-11-47(35)19-34(18-35)8-9-34;1-2(3)4/h13-14,27H,4-5,7-12,15-20,41H2,1-2H3,(H,42,49);1H2. The van der Waals surface area contributed by atoms with E-state index >= 15 is 0 Å². The molecule has 1 aliphatic carbocycles. The minimum atomic E-state index is -4.68. The van der Waals surface area contributed by atoms with Crippen molar-refractivity contribution in [2.24, 2.45) is 5.41 Å². The maximum absolute atomic E-state index is 14.6. The number of alkyl halides is 3. The molecule has 6 heterocycles. The predicted molar refractivity (Wildman–Crippen MR) is 197 cm³/mol. The Labute approximate surface area is 323 Å². The van der Waals surface area contributed by atoms with Gasteiger partial charge in [0.1, 0.15) is 12.4 Å². The molecule has 0 radical (unpaired) electrons. The van der Waals surface area contributed by atoms with E-state index in [1.807, 2.05) is 4.68 Å². The van der Waals surface area contributed by atoms with Crippen molar-refractivity contribution in [1.29, 1.82) is 0 Å². The molecular weight excluding hydrogens is 791 g/mol. The molecule has 17 heteroatoms. The molecule has 1 aromatic carbocycles. The fraction of sp³-hybridized carbons (Fsp3) is 0.526. The fourth-order valence-corrected chi connectivity index (χ4v) is 9.29. The summed E-state index contributed by atoms with van der Waals surface area (Å²) in [6, 6.07) is 2.79. The number of anilines is 2. The number of halogens is 6. The first-order valence-corrected chi connectivity index (χ1v) is 19.0. The second-order valence-electron chi connectivity index (χ2n) is 14.9. The van der Waals surface area contributed by atoms with Gasteiger partial charge < -0.3 is 25.4 Å². The molecule has 2 saturated heterocycles. The number of hydrogen-bond acceptors (Lipinski definition) is 9. The lowest BCUT2D eigenvalue weighted by molar-refractivity contribution is -0.140. The summed E-state index contributed by atoms with van der Waals surface area (Å²) in [6.45, 7) is 7.89. The van der Waals surface area contributed by atoms with Gasteiger partial charge in [-0.2, -0.15) is 37.0 Å². The van der Waals surface area contributed by atoms with Crippen molar-refractivity contribution in [1.82, 2.24) is 30.0 Å². The van der Waals surface area contributed by atoms with Crippen molar-refractivity contribution in [3.63, 3.8) is 0 Å². The summed E-state index contributed by atoms with van der Waals surface area (Å²) in [4.78, 5) is 27.1. The Morgan fingerprint density at radius 2 is 1.95 bits per heavy atom. The van der Waals surface area contributed by atoms with Crippen LogP contribution in [0.25, 0.3) is 0 Å². The first-order chi connectivity index (χ1) is 26.2. The first kappa shape index (κ1) is 39.0. The van der Waals surface area contributed by atoms with Crippen molar-refractivity contribution in [2.75, 3.05) is 43.9 Å². The average Bonchev–Trinajstić information content (AvgIpc) is 3.62. The van der Waals surface area contributed by atoms with E-state index in [1.54, 1.807) is 7.05 Å². The molecule has 294 valence electrons. The van der Waals surface area contributed by atoms with Crippen LogP contribution in [0.4, 0.5) is 33.5 Å². The molecule has 2 aromatic heterocycles. The molecule has 11 nitrogen and oxygen atoms in total. The summed E-state index contributed by atoms with van der Waals surface area (Å²) in [6.07, 6.45) is -0.934. The molecule has 1 amide bonds. The smallest absolute Gasteiger partial charge is 0.417 e. The average molecular weight is 834 g/mol. The van der Waals surface area contributed by atoms with Gasteiger partial charge in [-0.3, -0.25) is 14.4 Å². The van der Waals surface area contributed by atoms with Gasteiger partial charge in [0, 0.05) is 49.9 Å². The van der Waals surface area contributed by atoms with Crippen molar-refractivity contribution in [3.05, 3.63) is 68.6 Å². The Balaban J connectivity index is 0.00000111. The topological polar surface area (TPSA) is 124 Å². The summed E-state index contributed by atoms with van der Waals surface area (Å²) in [5, 5.41) is 7.21. The third-order valence-corrected chi connectivity index (χ3v) is 12.0. The highest BCUT2D eigenvalue weighted by Gasteiger charge is 2.60. The van der Waals surface area contributed by atoms with E-state index in [9.17, 15) is 26.7 Å². The number of nitrogens with one attached hydrogen (secondary N) is 1. The normalized spacial score (nSPS) is 22.3. The Morgan fingerprint density at radius 1 is 1.18 bits per heavy atom. The fourth-order valence-electron chi connectivity index (χ4n) is 8.70. The van der Waals surface area contributed by atoms with E-state index in [2.05, 4.69) is 54.6 Å². The second kappa shape index (κ2) is 15.0. The van der Waals surface area contributed by atoms with Crippen molar-refractivity contribution in [3.8, 4) is 17.9 Å². The van der Waals surface area contributed by atoms with Crippen molar-refractivity contribution >= 4 is 33.3 Å². The molecule has 8 rings (SSSR count). The van der Waals surface area contributed by atoms with Gasteiger partial charge in [-0.05, 0) is 97.6 Å². The number of ether oxygens (including phenoxy) is 2. The van der Waals surface area contributed by atoms with Crippen LogP contribution in [0.2, 0.25) is 0 Å². The molecule has 55 heavy (non-hydrogen) atoms. The molecule has 1 saturated carbocycles. The highest BCUT2D eigenvalue weighted by atomic mass is 79.9. The number of nitrogen functional groups attached to an aromatic ring is 1. The molecule has 1 spiro atoms. The molecule has 5 aliphatic rings. The van der Waals surface area contributed by atoms with Gasteiger partial charge in [0.15, 0.2) is 5.69 Å². The summed E-state index contributed by atoms with van der Waals surface area (Å²) in [5.74, 6) is 5.48. The largest absolute Gasteiger partial charge is 0.461 e. The second-order valence-corrected chi connectivity index (χ2v) is 15.7. The van der Waals surface area contributed by atoms with Gasteiger partial charge in [0.25, 0.3) is 12.0 Å². The number of carbonyl (C=O) groups is 1. The lowest BCUT2D eigenvalue weighted by atomic mass is 9.89. The molecule has 2 atom stereocenters. The van der Waals surface area contributed by atoms with Gasteiger partial charge in [-0.15, -0.1) is 5.92 Å². The number of nitrogens with zero attached hydrogens (tertiary/aromatic N) is 6. The van der Waals surface area contributed by atoms with Gasteiger partial charge in [0.2, 0.25) is 0 Å². The van der Waals surface area contributed by atoms with E-state index in [4.69, 9.17) is 25.2 Å². The molecule has 2 unspecified atom stereocenters.